The van der Waals surface area contributed by atoms with E-state index in [0.717, 1.165) is 19.6 Å². The Morgan fingerprint density at radius 3 is 2.91 bits per heavy atom. The van der Waals surface area contributed by atoms with Crippen LogP contribution in [-0.4, -0.2) is 32.3 Å². The summed E-state index contributed by atoms with van der Waals surface area (Å²) in [6.07, 6.45) is 0.890. The normalized spacial score (nSPS) is 9.91. The zero-order valence-electron chi connectivity index (χ0n) is 6.84. The van der Waals surface area contributed by atoms with Gasteiger partial charge in [0.05, 0.1) is 19.1 Å². The first-order valence-electron chi connectivity index (χ1n) is 3.86. The lowest BCUT2D eigenvalue weighted by Crippen LogP contribution is -2.87. The van der Waals surface area contributed by atoms with Gasteiger partial charge in [-0.15, -0.1) is 0 Å². The van der Waals surface area contributed by atoms with E-state index in [9.17, 15) is 9.90 Å². The maximum Gasteiger partial charge on any atom is 0.116 e. The first-order chi connectivity index (χ1) is 5.27. The summed E-state index contributed by atoms with van der Waals surface area (Å²) in [7, 11) is 0. The lowest BCUT2D eigenvalue weighted by molar-refractivity contribution is -0.650. The largest absolute Gasteiger partial charge is 0.544 e. The SMILES string of the molecule is CCOCCC[NH2+]CC(=O)[O-]. The fraction of sp³-hybridized carbons (Fsp3) is 0.857. The number of hydrogen-bond donors (Lipinski definition) is 1. The van der Waals surface area contributed by atoms with Crippen LogP contribution in [0.5, 0.6) is 0 Å². The highest BCUT2D eigenvalue weighted by atomic mass is 16.5. The van der Waals surface area contributed by atoms with Crippen LogP contribution in [0.25, 0.3) is 0 Å². The zero-order chi connectivity index (χ0) is 8.53. The van der Waals surface area contributed by atoms with Crippen molar-refractivity contribution in [3.05, 3.63) is 0 Å². The van der Waals surface area contributed by atoms with Gasteiger partial charge < -0.3 is 20.0 Å². The third kappa shape index (κ3) is 9.39. The van der Waals surface area contributed by atoms with E-state index in [2.05, 4.69) is 0 Å². The second-order valence-corrected chi connectivity index (χ2v) is 2.20. The van der Waals surface area contributed by atoms with Crippen LogP contribution in [0, 0.1) is 0 Å². The van der Waals surface area contributed by atoms with Crippen molar-refractivity contribution in [2.45, 2.75) is 13.3 Å². The van der Waals surface area contributed by atoms with Crippen LogP contribution in [0.15, 0.2) is 0 Å². The summed E-state index contributed by atoms with van der Waals surface area (Å²) in [5, 5.41) is 11.6. The van der Waals surface area contributed by atoms with Gasteiger partial charge in [0.2, 0.25) is 0 Å². The Kier molecular flexibility index (Phi) is 7.08. The Morgan fingerprint density at radius 1 is 1.64 bits per heavy atom. The highest BCUT2D eigenvalue weighted by molar-refractivity contribution is 5.64. The molecule has 0 bridgehead atoms. The van der Waals surface area contributed by atoms with E-state index in [4.69, 9.17) is 4.74 Å². The Morgan fingerprint density at radius 2 is 2.36 bits per heavy atom. The number of aliphatic carboxylic acids is 1. The van der Waals surface area contributed by atoms with Crippen molar-refractivity contribution < 1.29 is 20.0 Å². The number of ether oxygens (including phenoxy) is 1. The van der Waals surface area contributed by atoms with Crippen molar-refractivity contribution in [3.63, 3.8) is 0 Å². The Hall–Kier alpha value is -0.610. The molecule has 0 aliphatic rings. The summed E-state index contributed by atoms with van der Waals surface area (Å²) in [5.41, 5.74) is 0. The van der Waals surface area contributed by atoms with Crippen LogP contribution in [0.4, 0.5) is 0 Å². The molecule has 0 aromatic heterocycles. The minimum absolute atomic E-state index is 0.0477. The average Bonchev–Trinajstić information content (AvgIpc) is 1.96. The number of carbonyl (C=O) groups is 1. The molecular weight excluding hydrogens is 146 g/mol. The molecule has 2 N–H and O–H groups in total. The van der Waals surface area contributed by atoms with E-state index < -0.39 is 5.97 Å². The van der Waals surface area contributed by atoms with Gasteiger partial charge in [-0.2, -0.15) is 0 Å². The molecule has 4 nitrogen and oxygen atoms in total. The number of quaternary nitrogens is 1. The Balaban J connectivity index is 2.85. The standard InChI is InChI=1S/C7H15NO3/c1-2-11-5-3-4-8-6-7(9)10/h8H,2-6H2,1H3,(H,9,10). The summed E-state index contributed by atoms with van der Waals surface area (Å²) in [5.74, 6) is -1.01. The topological polar surface area (TPSA) is 66.0 Å². The maximum absolute atomic E-state index is 9.91. The van der Waals surface area contributed by atoms with Crippen LogP contribution >= 0.6 is 0 Å². The van der Waals surface area contributed by atoms with Gasteiger partial charge in [0, 0.05) is 13.0 Å². The minimum Gasteiger partial charge on any atom is -0.544 e. The van der Waals surface area contributed by atoms with E-state index in [0.29, 0.717) is 6.61 Å². The number of hydrogen-bond acceptors (Lipinski definition) is 3. The summed E-state index contributed by atoms with van der Waals surface area (Å²) < 4.78 is 5.06. The highest BCUT2D eigenvalue weighted by Crippen LogP contribution is 1.75. The van der Waals surface area contributed by atoms with Crippen molar-refractivity contribution in [2.75, 3.05) is 26.3 Å². The van der Waals surface area contributed by atoms with Gasteiger partial charge in [0.25, 0.3) is 0 Å². The fourth-order valence-electron chi connectivity index (χ4n) is 0.694. The molecule has 0 unspecified atom stereocenters. The second kappa shape index (κ2) is 7.50. The van der Waals surface area contributed by atoms with E-state index in [-0.39, 0.29) is 6.54 Å². The van der Waals surface area contributed by atoms with Crippen LogP contribution in [-0.2, 0) is 9.53 Å². The van der Waals surface area contributed by atoms with E-state index in [1.165, 1.54) is 0 Å². The molecule has 0 atom stereocenters. The average molecular weight is 161 g/mol. The van der Waals surface area contributed by atoms with Crippen LogP contribution in [0.3, 0.4) is 0 Å². The predicted molar refractivity (Wildman–Crippen MR) is 37.8 cm³/mol. The fourth-order valence-corrected chi connectivity index (χ4v) is 0.694. The summed E-state index contributed by atoms with van der Waals surface area (Å²) in [4.78, 5) is 9.91. The first-order valence-corrected chi connectivity index (χ1v) is 3.86. The summed E-state index contributed by atoms with van der Waals surface area (Å²) >= 11 is 0. The second-order valence-electron chi connectivity index (χ2n) is 2.20. The van der Waals surface area contributed by atoms with Crippen molar-refractivity contribution in [3.8, 4) is 0 Å². The number of carboxylic acid groups (broad SMARTS) is 1. The third-order valence-corrected chi connectivity index (χ3v) is 1.21. The van der Waals surface area contributed by atoms with Crippen molar-refractivity contribution in [1.29, 1.82) is 0 Å². The molecule has 0 aliphatic heterocycles. The number of nitrogens with two attached hydrogens (primary N) is 1. The molecule has 0 spiro atoms. The molecule has 11 heavy (non-hydrogen) atoms. The molecular formula is C7H15NO3. The molecule has 66 valence electrons. The van der Waals surface area contributed by atoms with E-state index in [1.807, 2.05) is 6.92 Å². The third-order valence-electron chi connectivity index (χ3n) is 1.21. The molecule has 0 rings (SSSR count). The minimum atomic E-state index is -1.01. The Labute approximate surface area is 66.5 Å². The van der Waals surface area contributed by atoms with Crippen molar-refractivity contribution in [2.24, 2.45) is 0 Å². The maximum atomic E-state index is 9.91. The highest BCUT2D eigenvalue weighted by Gasteiger charge is 1.90. The molecule has 0 saturated carbocycles. The lowest BCUT2D eigenvalue weighted by Gasteiger charge is -2.01. The van der Waals surface area contributed by atoms with Gasteiger partial charge in [0.15, 0.2) is 0 Å². The molecule has 0 aliphatic carbocycles. The van der Waals surface area contributed by atoms with Crippen molar-refractivity contribution in [1.82, 2.24) is 0 Å². The molecule has 0 aromatic rings. The van der Waals surface area contributed by atoms with Gasteiger partial charge in [0.1, 0.15) is 6.54 Å². The van der Waals surface area contributed by atoms with Crippen molar-refractivity contribution >= 4 is 5.97 Å². The quantitative estimate of drug-likeness (QED) is 0.428. The summed E-state index contributed by atoms with van der Waals surface area (Å²) in [6, 6.07) is 0. The molecule has 0 amide bonds. The van der Waals surface area contributed by atoms with E-state index >= 15 is 0 Å². The summed E-state index contributed by atoms with van der Waals surface area (Å²) in [6.45, 7) is 4.20. The molecule has 0 heterocycles. The Bertz CT molecular complexity index is 106. The molecule has 0 fully saturated rings. The van der Waals surface area contributed by atoms with Crippen LogP contribution < -0.4 is 10.4 Å². The molecule has 4 heteroatoms. The van der Waals surface area contributed by atoms with Gasteiger partial charge in [-0.1, -0.05) is 0 Å². The van der Waals surface area contributed by atoms with Gasteiger partial charge in [-0.05, 0) is 6.92 Å². The zero-order valence-corrected chi connectivity index (χ0v) is 6.84. The predicted octanol–water partition coefficient (Wildman–Crippen LogP) is -2.27. The number of carboxylic acids is 1. The van der Waals surface area contributed by atoms with Crippen LogP contribution in [0.1, 0.15) is 13.3 Å². The molecule has 0 saturated heterocycles. The number of rotatable bonds is 7. The molecule has 0 radical (unpaired) electrons. The molecule has 0 aromatic carbocycles. The monoisotopic (exact) mass is 161 g/mol. The van der Waals surface area contributed by atoms with Crippen LogP contribution in [0.2, 0.25) is 0 Å². The number of carbonyl (C=O) groups excluding carboxylic acids is 1. The smallest absolute Gasteiger partial charge is 0.116 e. The lowest BCUT2D eigenvalue weighted by atomic mass is 10.4. The van der Waals surface area contributed by atoms with Gasteiger partial charge in [-0.25, -0.2) is 0 Å². The first kappa shape index (κ1) is 10.4. The van der Waals surface area contributed by atoms with E-state index in [1.54, 1.807) is 5.32 Å². The van der Waals surface area contributed by atoms with Gasteiger partial charge >= 0.3 is 0 Å². The van der Waals surface area contributed by atoms with Gasteiger partial charge in [-0.3, -0.25) is 0 Å².